The molecule has 156 valence electrons. The van der Waals surface area contributed by atoms with Crippen LogP contribution in [0.15, 0.2) is 79.1 Å². The molecule has 0 fully saturated rings. The lowest BCUT2D eigenvalue weighted by Gasteiger charge is -2.09. The number of carbonyl (C=O) groups excluding carboxylic acids is 3. The molecule has 0 saturated carbocycles. The van der Waals surface area contributed by atoms with Gasteiger partial charge in [0.15, 0.2) is 0 Å². The Bertz CT molecular complexity index is 1100. The molecule has 1 heterocycles. The van der Waals surface area contributed by atoms with Crippen molar-refractivity contribution in [3.05, 3.63) is 95.8 Å². The molecule has 0 atom stereocenters. The molecule has 1 aromatic heterocycles. The number of carbonyl (C=O) groups is 3. The molecule has 5 N–H and O–H groups in total. The maximum absolute atomic E-state index is 12.4. The van der Waals surface area contributed by atoms with Crippen LogP contribution in [0.3, 0.4) is 0 Å². The highest BCUT2D eigenvalue weighted by atomic mass is 16.2. The van der Waals surface area contributed by atoms with E-state index in [1.807, 2.05) is 12.1 Å². The lowest BCUT2D eigenvalue weighted by atomic mass is 10.1. The average molecular weight is 415 g/mol. The van der Waals surface area contributed by atoms with Gasteiger partial charge < -0.3 is 21.7 Å². The van der Waals surface area contributed by atoms with Crippen LogP contribution in [0.5, 0.6) is 0 Å². The van der Waals surface area contributed by atoms with Gasteiger partial charge in [0.1, 0.15) is 0 Å². The fourth-order valence-corrected chi connectivity index (χ4v) is 2.70. The molecule has 0 spiro atoms. The van der Waals surface area contributed by atoms with E-state index in [0.29, 0.717) is 23.5 Å². The van der Waals surface area contributed by atoms with E-state index in [9.17, 15) is 14.4 Å². The van der Waals surface area contributed by atoms with E-state index in [2.05, 4.69) is 20.9 Å². The molecule has 31 heavy (non-hydrogen) atoms. The number of primary amides is 1. The fourth-order valence-electron chi connectivity index (χ4n) is 2.70. The zero-order chi connectivity index (χ0) is 22.1. The van der Waals surface area contributed by atoms with Crippen LogP contribution in [0, 0.1) is 0 Å². The Morgan fingerprint density at radius 2 is 1.74 bits per heavy atom. The monoisotopic (exact) mass is 415 g/mol. The van der Waals surface area contributed by atoms with Crippen molar-refractivity contribution >= 4 is 35.3 Å². The third-order valence-electron chi connectivity index (χ3n) is 4.18. The van der Waals surface area contributed by atoms with Gasteiger partial charge in [-0.25, -0.2) is 4.79 Å². The van der Waals surface area contributed by atoms with Crippen molar-refractivity contribution in [3.63, 3.8) is 0 Å². The van der Waals surface area contributed by atoms with Gasteiger partial charge in [-0.1, -0.05) is 18.2 Å². The Labute approximate surface area is 179 Å². The number of nitrogens with one attached hydrogen (secondary N) is 3. The van der Waals surface area contributed by atoms with Crippen LogP contribution in [0.2, 0.25) is 0 Å². The minimum absolute atomic E-state index is 0.233. The number of rotatable bonds is 7. The van der Waals surface area contributed by atoms with E-state index in [1.54, 1.807) is 67.0 Å². The molecule has 0 aliphatic heterocycles. The van der Waals surface area contributed by atoms with Crippen LogP contribution in [0.1, 0.15) is 21.5 Å². The Morgan fingerprint density at radius 3 is 2.45 bits per heavy atom. The first-order valence-electron chi connectivity index (χ1n) is 9.42. The topological polar surface area (TPSA) is 126 Å². The Hall–Kier alpha value is -4.46. The van der Waals surface area contributed by atoms with Gasteiger partial charge in [-0.2, -0.15) is 0 Å². The lowest BCUT2D eigenvalue weighted by Crippen LogP contribution is -2.20. The molecule has 0 aliphatic carbocycles. The van der Waals surface area contributed by atoms with Crippen molar-refractivity contribution in [2.75, 3.05) is 10.6 Å². The minimum atomic E-state index is -0.673. The zero-order valence-corrected chi connectivity index (χ0v) is 16.5. The summed E-state index contributed by atoms with van der Waals surface area (Å²) in [7, 11) is 0. The van der Waals surface area contributed by atoms with E-state index in [1.165, 1.54) is 6.08 Å². The van der Waals surface area contributed by atoms with Crippen molar-refractivity contribution in [2.45, 2.75) is 6.54 Å². The third-order valence-corrected chi connectivity index (χ3v) is 4.18. The molecule has 0 saturated heterocycles. The maximum atomic E-state index is 12.4. The molecule has 3 aromatic rings. The summed E-state index contributed by atoms with van der Waals surface area (Å²) in [5, 5.41) is 8.04. The second-order valence-corrected chi connectivity index (χ2v) is 6.56. The molecule has 0 aliphatic rings. The molecule has 0 bridgehead atoms. The highest BCUT2D eigenvalue weighted by Gasteiger charge is 2.07. The van der Waals surface area contributed by atoms with Gasteiger partial charge in [-0.15, -0.1) is 0 Å². The van der Waals surface area contributed by atoms with Crippen molar-refractivity contribution in [1.29, 1.82) is 0 Å². The first-order valence-corrected chi connectivity index (χ1v) is 9.42. The van der Waals surface area contributed by atoms with Crippen LogP contribution >= 0.6 is 0 Å². The minimum Gasteiger partial charge on any atom is -0.351 e. The van der Waals surface area contributed by atoms with Gasteiger partial charge in [0.25, 0.3) is 5.91 Å². The van der Waals surface area contributed by atoms with Crippen LogP contribution in [0.25, 0.3) is 6.08 Å². The van der Waals surface area contributed by atoms with Crippen molar-refractivity contribution < 1.29 is 14.4 Å². The van der Waals surface area contributed by atoms with Crippen LogP contribution < -0.4 is 21.7 Å². The average Bonchev–Trinajstić information content (AvgIpc) is 2.77. The first-order chi connectivity index (χ1) is 15.0. The number of benzene rings is 2. The maximum Gasteiger partial charge on any atom is 0.316 e. The van der Waals surface area contributed by atoms with Gasteiger partial charge in [0, 0.05) is 42.0 Å². The number of nitrogens with zero attached hydrogens (tertiary/aromatic N) is 1. The van der Waals surface area contributed by atoms with Crippen molar-refractivity contribution in [2.24, 2.45) is 5.73 Å². The molecule has 4 amide bonds. The molecule has 0 radical (unpaired) electrons. The SMILES string of the molecule is NC(=O)Nc1ccc(C(=O)Nc2cccc(CNC(=O)/C=C/c3cccnc3)c2)cc1. The highest BCUT2D eigenvalue weighted by molar-refractivity contribution is 6.04. The Kier molecular flexibility index (Phi) is 7.10. The van der Waals surface area contributed by atoms with Crippen LogP contribution in [0.4, 0.5) is 16.2 Å². The third kappa shape index (κ3) is 6.82. The summed E-state index contributed by atoms with van der Waals surface area (Å²) in [5.41, 5.74) is 8.26. The Morgan fingerprint density at radius 1 is 0.935 bits per heavy atom. The summed E-state index contributed by atoms with van der Waals surface area (Å²) in [6.45, 7) is 0.313. The number of hydrogen-bond donors (Lipinski definition) is 4. The summed E-state index contributed by atoms with van der Waals surface area (Å²) < 4.78 is 0. The molecule has 3 rings (SSSR count). The number of nitrogens with two attached hydrogens (primary N) is 1. The zero-order valence-electron chi connectivity index (χ0n) is 16.5. The smallest absolute Gasteiger partial charge is 0.316 e. The summed E-state index contributed by atoms with van der Waals surface area (Å²) in [6, 6.07) is 16.5. The second kappa shape index (κ2) is 10.4. The number of amides is 4. The highest BCUT2D eigenvalue weighted by Crippen LogP contribution is 2.14. The summed E-state index contributed by atoms with van der Waals surface area (Å²) in [4.78, 5) is 39.3. The van der Waals surface area contributed by atoms with Crippen molar-refractivity contribution in [1.82, 2.24) is 10.3 Å². The molecule has 8 nitrogen and oxygen atoms in total. The van der Waals surface area contributed by atoms with E-state index < -0.39 is 6.03 Å². The van der Waals surface area contributed by atoms with Gasteiger partial charge in [-0.3, -0.25) is 14.6 Å². The summed E-state index contributed by atoms with van der Waals surface area (Å²) in [6.07, 6.45) is 6.46. The number of aromatic nitrogens is 1. The first kappa shape index (κ1) is 21.3. The second-order valence-electron chi connectivity index (χ2n) is 6.56. The van der Waals surface area contributed by atoms with E-state index in [-0.39, 0.29) is 11.8 Å². The van der Waals surface area contributed by atoms with Gasteiger partial charge in [0.05, 0.1) is 0 Å². The van der Waals surface area contributed by atoms with E-state index in [4.69, 9.17) is 5.73 Å². The van der Waals surface area contributed by atoms with E-state index in [0.717, 1.165) is 11.1 Å². The number of anilines is 2. The molecular formula is C23H21N5O3. The predicted molar refractivity (Wildman–Crippen MR) is 119 cm³/mol. The number of pyridine rings is 1. The quantitative estimate of drug-likeness (QED) is 0.442. The van der Waals surface area contributed by atoms with Crippen molar-refractivity contribution in [3.8, 4) is 0 Å². The summed E-state index contributed by atoms with van der Waals surface area (Å²) >= 11 is 0. The summed E-state index contributed by atoms with van der Waals surface area (Å²) in [5.74, 6) is -0.533. The number of urea groups is 1. The molecular weight excluding hydrogens is 394 g/mol. The standard InChI is InChI=1S/C23H21N5O3/c24-23(31)28-19-9-7-18(8-10-19)22(30)27-20-5-1-3-17(13-20)15-26-21(29)11-6-16-4-2-12-25-14-16/h1-14H,15H2,(H,26,29)(H,27,30)(H3,24,28,31)/b11-6+. The Balaban J connectivity index is 1.54. The normalized spacial score (nSPS) is 10.5. The molecule has 2 aromatic carbocycles. The predicted octanol–water partition coefficient (Wildman–Crippen LogP) is 3.15. The van der Waals surface area contributed by atoms with Gasteiger partial charge in [-0.05, 0) is 59.7 Å². The number of hydrogen-bond acceptors (Lipinski definition) is 4. The fraction of sp³-hybridized carbons (Fsp3) is 0.0435. The largest absolute Gasteiger partial charge is 0.351 e. The van der Waals surface area contributed by atoms with Gasteiger partial charge >= 0.3 is 6.03 Å². The van der Waals surface area contributed by atoms with Gasteiger partial charge in [0.2, 0.25) is 5.91 Å². The van der Waals surface area contributed by atoms with E-state index >= 15 is 0 Å². The lowest BCUT2D eigenvalue weighted by molar-refractivity contribution is -0.116. The molecule has 0 unspecified atom stereocenters. The van der Waals surface area contributed by atoms with Crippen LogP contribution in [-0.2, 0) is 11.3 Å². The van der Waals surface area contributed by atoms with Crippen LogP contribution in [-0.4, -0.2) is 22.8 Å². The molecule has 8 heteroatoms.